The van der Waals surface area contributed by atoms with Crippen molar-refractivity contribution >= 4 is 0 Å². The lowest BCUT2D eigenvalue weighted by Crippen LogP contribution is -1.85. The summed E-state index contributed by atoms with van der Waals surface area (Å²) in [4.78, 5) is 4.27. The van der Waals surface area contributed by atoms with Crippen molar-refractivity contribution in [3.05, 3.63) is 79.0 Å². The molecular weight excluding hydrogens is 262 g/mol. The number of phenolic OH excluding ortho intramolecular Hbond substituents is 1. The van der Waals surface area contributed by atoms with Crippen LogP contribution >= 0.6 is 0 Å². The molecule has 0 bridgehead atoms. The van der Waals surface area contributed by atoms with Gasteiger partial charge in [-0.2, -0.15) is 0 Å². The maximum Gasteiger partial charge on any atom is 0.119 e. The normalized spacial score (nSPS) is 9.38. The Morgan fingerprint density at radius 1 is 0.857 bits per heavy atom. The van der Waals surface area contributed by atoms with Crippen molar-refractivity contribution in [2.45, 2.75) is 0 Å². The summed E-state index contributed by atoms with van der Waals surface area (Å²) in [7, 11) is 1.66. The van der Waals surface area contributed by atoms with E-state index in [0.717, 1.165) is 17.0 Å². The summed E-state index contributed by atoms with van der Waals surface area (Å²) in [6.45, 7) is 0. The third kappa shape index (κ3) is 4.66. The zero-order chi connectivity index (χ0) is 14.9. The number of phenols is 1. The third-order valence-electron chi connectivity index (χ3n) is 2.79. The van der Waals surface area contributed by atoms with Crippen LogP contribution in [0.2, 0.25) is 0 Å². The van der Waals surface area contributed by atoms with E-state index in [1.54, 1.807) is 37.6 Å². The molecule has 1 N–H and O–H groups in total. The van der Waals surface area contributed by atoms with Gasteiger partial charge in [0.15, 0.2) is 0 Å². The number of methoxy groups -OCH3 is 1. The molecule has 0 saturated carbocycles. The number of para-hydroxylation sites is 1. The number of nitrogens with zero attached hydrogens (tertiary/aromatic N) is 1. The number of aromatic nitrogens is 1. The minimum Gasteiger partial charge on any atom is -0.508 e. The molecule has 3 nitrogen and oxygen atoms in total. The van der Waals surface area contributed by atoms with Gasteiger partial charge in [0.1, 0.15) is 11.5 Å². The molecule has 0 unspecified atom stereocenters. The van der Waals surface area contributed by atoms with Gasteiger partial charge in [-0.25, -0.2) is 0 Å². The predicted octanol–water partition coefficient (Wildman–Crippen LogP) is 4.15. The lowest BCUT2D eigenvalue weighted by atomic mass is 10.1. The molecule has 0 radical (unpaired) electrons. The number of pyridine rings is 1. The SMILES string of the molecule is COc1cccc(-c2ccccn2)c1.Oc1ccccc1. The van der Waals surface area contributed by atoms with Gasteiger partial charge in [0.2, 0.25) is 0 Å². The van der Waals surface area contributed by atoms with E-state index >= 15 is 0 Å². The van der Waals surface area contributed by atoms with E-state index in [-0.39, 0.29) is 0 Å². The summed E-state index contributed by atoms with van der Waals surface area (Å²) in [5.74, 6) is 1.18. The molecule has 3 heteroatoms. The van der Waals surface area contributed by atoms with E-state index in [1.165, 1.54) is 0 Å². The van der Waals surface area contributed by atoms with E-state index in [2.05, 4.69) is 4.98 Å². The van der Waals surface area contributed by atoms with E-state index in [4.69, 9.17) is 9.84 Å². The number of hydrogen-bond acceptors (Lipinski definition) is 3. The average Bonchev–Trinajstić information content (AvgIpc) is 2.57. The Balaban J connectivity index is 0.000000194. The largest absolute Gasteiger partial charge is 0.508 e. The molecule has 3 rings (SSSR count). The molecule has 106 valence electrons. The Morgan fingerprint density at radius 3 is 2.19 bits per heavy atom. The van der Waals surface area contributed by atoms with Gasteiger partial charge in [-0.3, -0.25) is 4.98 Å². The molecule has 0 saturated heterocycles. The molecule has 21 heavy (non-hydrogen) atoms. The Hall–Kier alpha value is -2.81. The van der Waals surface area contributed by atoms with Crippen LogP contribution in [-0.2, 0) is 0 Å². The molecule has 0 aliphatic heterocycles. The van der Waals surface area contributed by atoms with Gasteiger partial charge in [0, 0.05) is 11.8 Å². The molecule has 3 aromatic rings. The van der Waals surface area contributed by atoms with Crippen LogP contribution in [0.1, 0.15) is 0 Å². The van der Waals surface area contributed by atoms with Gasteiger partial charge >= 0.3 is 0 Å². The molecule has 1 heterocycles. The quantitative estimate of drug-likeness (QED) is 0.766. The molecular formula is C18H17NO2. The van der Waals surface area contributed by atoms with Crippen molar-refractivity contribution < 1.29 is 9.84 Å². The highest BCUT2D eigenvalue weighted by Crippen LogP contribution is 2.21. The minimum atomic E-state index is 0.322. The van der Waals surface area contributed by atoms with Crippen LogP contribution in [0.25, 0.3) is 11.3 Å². The van der Waals surface area contributed by atoms with Crippen LogP contribution in [0.15, 0.2) is 79.0 Å². The molecule has 0 atom stereocenters. The maximum atomic E-state index is 8.63. The van der Waals surface area contributed by atoms with Crippen LogP contribution in [0.4, 0.5) is 0 Å². The molecule has 0 aliphatic rings. The van der Waals surface area contributed by atoms with E-state index in [9.17, 15) is 0 Å². The van der Waals surface area contributed by atoms with Crippen molar-refractivity contribution in [2.24, 2.45) is 0 Å². The van der Waals surface area contributed by atoms with Crippen LogP contribution in [0.3, 0.4) is 0 Å². The van der Waals surface area contributed by atoms with Crippen LogP contribution in [0, 0.1) is 0 Å². The molecule has 0 spiro atoms. The summed E-state index contributed by atoms with van der Waals surface area (Å²) in [6.07, 6.45) is 1.79. The highest BCUT2D eigenvalue weighted by atomic mass is 16.5. The van der Waals surface area contributed by atoms with Gasteiger partial charge in [0.25, 0.3) is 0 Å². The van der Waals surface area contributed by atoms with Crippen molar-refractivity contribution in [2.75, 3.05) is 7.11 Å². The van der Waals surface area contributed by atoms with Gasteiger partial charge < -0.3 is 9.84 Å². The molecule has 0 aliphatic carbocycles. The lowest BCUT2D eigenvalue weighted by Gasteiger charge is -2.03. The summed E-state index contributed by atoms with van der Waals surface area (Å²) >= 11 is 0. The summed E-state index contributed by atoms with van der Waals surface area (Å²) in [5.41, 5.74) is 2.04. The van der Waals surface area contributed by atoms with Crippen molar-refractivity contribution in [1.82, 2.24) is 4.98 Å². The first-order valence-electron chi connectivity index (χ1n) is 6.59. The predicted molar refractivity (Wildman–Crippen MR) is 84.3 cm³/mol. The topological polar surface area (TPSA) is 42.4 Å². The Morgan fingerprint density at radius 2 is 1.62 bits per heavy atom. The minimum absolute atomic E-state index is 0.322. The van der Waals surface area contributed by atoms with E-state index < -0.39 is 0 Å². The second kappa shape index (κ2) is 7.70. The highest BCUT2D eigenvalue weighted by Gasteiger charge is 1.98. The zero-order valence-electron chi connectivity index (χ0n) is 11.8. The summed E-state index contributed by atoms with van der Waals surface area (Å²) in [6, 6.07) is 22.5. The number of rotatable bonds is 2. The third-order valence-corrected chi connectivity index (χ3v) is 2.79. The number of ether oxygens (including phenoxy) is 1. The Bertz CT molecular complexity index is 654. The number of hydrogen-bond donors (Lipinski definition) is 1. The number of aromatic hydroxyl groups is 1. The first-order chi connectivity index (χ1) is 10.3. The standard InChI is InChI=1S/C12H11NO.C6H6O/c1-14-11-6-4-5-10(9-11)12-7-2-3-8-13-12;7-6-4-2-1-3-5-6/h2-9H,1H3;1-5,7H. The fraction of sp³-hybridized carbons (Fsp3) is 0.0556. The highest BCUT2D eigenvalue weighted by molar-refractivity contribution is 5.60. The van der Waals surface area contributed by atoms with Gasteiger partial charge in [-0.1, -0.05) is 36.4 Å². The van der Waals surface area contributed by atoms with E-state index in [1.807, 2.05) is 48.5 Å². The van der Waals surface area contributed by atoms with Crippen LogP contribution < -0.4 is 4.74 Å². The first kappa shape index (κ1) is 14.6. The Labute approximate surface area is 124 Å². The molecule has 0 amide bonds. The Kier molecular flexibility index (Phi) is 5.35. The smallest absolute Gasteiger partial charge is 0.119 e. The maximum absolute atomic E-state index is 8.63. The number of benzene rings is 2. The average molecular weight is 279 g/mol. The molecule has 0 fully saturated rings. The fourth-order valence-electron chi connectivity index (χ4n) is 1.74. The van der Waals surface area contributed by atoms with Gasteiger partial charge in [-0.05, 0) is 36.4 Å². The van der Waals surface area contributed by atoms with Crippen molar-refractivity contribution in [3.63, 3.8) is 0 Å². The monoisotopic (exact) mass is 279 g/mol. The van der Waals surface area contributed by atoms with Crippen molar-refractivity contribution in [3.8, 4) is 22.8 Å². The van der Waals surface area contributed by atoms with E-state index in [0.29, 0.717) is 5.75 Å². The lowest BCUT2D eigenvalue weighted by molar-refractivity contribution is 0.415. The van der Waals surface area contributed by atoms with Gasteiger partial charge in [0.05, 0.1) is 12.8 Å². The van der Waals surface area contributed by atoms with Crippen molar-refractivity contribution in [1.29, 1.82) is 0 Å². The molecule has 2 aromatic carbocycles. The van der Waals surface area contributed by atoms with Crippen LogP contribution in [0.5, 0.6) is 11.5 Å². The second-order valence-corrected chi connectivity index (χ2v) is 4.28. The summed E-state index contributed by atoms with van der Waals surface area (Å²) < 4.78 is 5.15. The first-order valence-corrected chi connectivity index (χ1v) is 6.59. The fourth-order valence-corrected chi connectivity index (χ4v) is 1.74. The van der Waals surface area contributed by atoms with Crippen LogP contribution in [-0.4, -0.2) is 17.2 Å². The zero-order valence-corrected chi connectivity index (χ0v) is 11.8. The summed E-state index contributed by atoms with van der Waals surface area (Å²) in [5, 5.41) is 8.63. The van der Waals surface area contributed by atoms with Gasteiger partial charge in [-0.15, -0.1) is 0 Å². The molecule has 1 aromatic heterocycles. The second-order valence-electron chi connectivity index (χ2n) is 4.28.